The highest BCUT2D eigenvalue weighted by molar-refractivity contribution is 6.25. The number of carbonyl (C=O) groups is 3. The van der Waals surface area contributed by atoms with Gasteiger partial charge in [-0.3, -0.25) is 14.4 Å². The maximum Gasteiger partial charge on any atom is 0.304 e. The molecule has 1 atom stereocenters. The number of Topliss-reactive ketones (excluding diaryl/α,β-unsaturated/α-hetero) is 1. The number of benzene rings is 1. The van der Waals surface area contributed by atoms with Crippen molar-refractivity contribution in [3.05, 3.63) is 17.7 Å². The summed E-state index contributed by atoms with van der Waals surface area (Å²) in [5.74, 6) is -1.57. The summed E-state index contributed by atoms with van der Waals surface area (Å²) in [6.07, 6.45) is -0.567. The summed E-state index contributed by atoms with van der Waals surface area (Å²) in [6, 6.07) is 3.00. The second-order valence-corrected chi connectivity index (χ2v) is 5.32. The van der Waals surface area contributed by atoms with Gasteiger partial charge >= 0.3 is 5.97 Å². The number of ether oxygens (including phenoxy) is 2. The van der Waals surface area contributed by atoms with Gasteiger partial charge in [-0.25, -0.2) is 0 Å². The van der Waals surface area contributed by atoms with Gasteiger partial charge in [0.25, 0.3) is 0 Å². The first kappa shape index (κ1) is 15.8. The monoisotopic (exact) mass is 307 g/mol. The Balaban J connectivity index is 2.66. The highest BCUT2D eigenvalue weighted by atomic mass is 16.5. The molecule has 0 aromatic heterocycles. The molecule has 0 saturated heterocycles. The number of carboxylic acids is 1. The minimum Gasteiger partial charge on any atom is -0.493 e. The van der Waals surface area contributed by atoms with Gasteiger partial charge in [-0.1, -0.05) is 0 Å². The van der Waals surface area contributed by atoms with E-state index in [4.69, 9.17) is 14.6 Å². The summed E-state index contributed by atoms with van der Waals surface area (Å²) in [7, 11) is 4.38. The number of anilines is 1. The Hall–Kier alpha value is -2.57. The number of nitrogens with zero attached hydrogens (tertiary/aromatic N) is 1. The SMILES string of the molecule is COc1cc2c(cc1OC)N(C)C(=O)C(C)(CC(=O)O)C2=O. The van der Waals surface area contributed by atoms with Gasteiger partial charge in [0.1, 0.15) is 5.41 Å². The van der Waals surface area contributed by atoms with E-state index in [1.165, 1.54) is 45.2 Å². The summed E-state index contributed by atoms with van der Waals surface area (Å²) in [5.41, 5.74) is -1.02. The van der Waals surface area contributed by atoms with Crippen molar-refractivity contribution in [3.63, 3.8) is 0 Å². The average Bonchev–Trinajstić information content (AvgIpc) is 2.49. The van der Waals surface area contributed by atoms with Crippen LogP contribution < -0.4 is 14.4 Å². The van der Waals surface area contributed by atoms with Gasteiger partial charge in [0.05, 0.1) is 26.3 Å². The Labute approximate surface area is 127 Å². The smallest absolute Gasteiger partial charge is 0.304 e. The van der Waals surface area contributed by atoms with Crippen LogP contribution in [-0.4, -0.2) is 44.0 Å². The molecule has 1 aliphatic heterocycles. The predicted molar refractivity (Wildman–Crippen MR) is 77.6 cm³/mol. The maximum absolute atomic E-state index is 12.7. The number of aliphatic carboxylic acids is 1. The van der Waals surface area contributed by atoms with E-state index in [2.05, 4.69) is 0 Å². The van der Waals surface area contributed by atoms with Crippen molar-refractivity contribution in [2.45, 2.75) is 13.3 Å². The maximum atomic E-state index is 12.7. The number of fused-ring (bicyclic) bond motifs is 1. The van der Waals surface area contributed by atoms with Gasteiger partial charge in [0.15, 0.2) is 17.3 Å². The van der Waals surface area contributed by atoms with E-state index in [-0.39, 0.29) is 5.56 Å². The van der Waals surface area contributed by atoms with Crippen molar-refractivity contribution in [1.82, 2.24) is 0 Å². The van der Waals surface area contributed by atoms with Crippen LogP contribution >= 0.6 is 0 Å². The summed E-state index contributed by atoms with van der Waals surface area (Å²) in [4.78, 5) is 37.5. The molecule has 0 saturated carbocycles. The van der Waals surface area contributed by atoms with E-state index in [1.807, 2.05) is 0 Å². The minimum atomic E-state index is -1.63. The highest BCUT2D eigenvalue weighted by Crippen LogP contribution is 2.43. The van der Waals surface area contributed by atoms with Crippen LogP contribution in [-0.2, 0) is 9.59 Å². The lowest BCUT2D eigenvalue weighted by Gasteiger charge is -2.37. The third-order valence-corrected chi connectivity index (χ3v) is 3.89. The van der Waals surface area contributed by atoms with E-state index in [0.717, 1.165) is 0 Å². The average molecular weight is 307 g/mol. The van der Waals surface area contributed by atoms with Gasteiger partial charge in [-0.15, -0.1) is 0 Å². The second kappa shape index (κ2) is 5.32. The minimum absolute atomic E-state index is 0.239. The first-order chi connectivity index (χ1) is 10.3. The van der Waals surface area contributed by atoms with Crippen molar-refractivity contribution >= 4 is 23.3 Å². The molecule has 1 unspecified atom stereocenters. The fraction of sp³-hybridized carbons (Fsp3) is 0.400. The van der Waals surface area contributed by atoms with Crippen molar-refractivity contribution in [2.75, 3.05) is 26.2 Å². The zero-order valence-electron chi connectivity index (χ0n) is 12.8. The van der Waals surface area contributed by atoms with Crippen LogP contribution in [0, 0.1) is 5.41 Å². The Morgan fingerprint density at radius 1 is 1.23 bits per heavy atom. The van der Waals surface area contributed by atoms with E-state index >= 15 is 0 Å². The van der Waals surface area contributed by atoms with Crippen molar-refractivity contribution in [3.8, 4) is 11.5 Å². The normalized spacial score (nSPS) is 20.6. The lowest BCUT2D eigenvalue weighted by Crippen LogP contribution is -2.51. The Kier molecular flexibility index (Phi) is 3.83. The van der Waals surface area contributed by atoms with Crippen LogP contribution in [0.1, 0.15) is 23.7 Å². The molecule has 22 heavy (non-hydrogen) atoms. The number of ketones is 1. The van der Waals surface area contributed by atoms with Gasteiger partial charge < -0.3 is 19.5 Å². The molecule has 0 fully saturated rings. The molecule has 0 aliphatic carbocycles. The lowest BCUT2D eigenvalue weighted by molar-refractivity contribution is -0.142. The van der Waals surface area contributed by atoms with E-state index in [1.54, 1.807) is 0 Å². The van der Waals surface area contributed by atoms with E-state index < -0.39 is 29.5 Å². The molecule has 1 aliphatic rings. The summed E-state index contributed by atoms with van der Waals surface area (Å²) in [5, 5.41) is 9.02. The Morgan fingerprint density at radius 2 is 1.77 bits per heavy atom. The Bertz CT molecular complexity index is 668. The highest BCUT2D eigenvalue weighted by Gasteiger charge is 2.50. The second-order valence-electron chi connectivity index (χ2n) is 5.32. The molecular weight excluding hydrogens is 290 g/mol. The molecule has 0 spiro atoms. The molecule has 7 nitrogen and oxygen atoms in total. The molecular formula is C15H17NO6. The number of hydrogen-bond donors (Lipinski definition) is 1. The van der Waals surface area contributed by atoms with Crippen LogP contribution in [0.5, 0.6) is 11.5 Å². The number of hydrogen-bond acceptors (Lipinski definition) is 5. The molecule has 1 aromatic carbocycles. The van der Waals surface area contributed by atoms with Crippen LogP contribution in [0.15, 0.2) is 12.1 Å². The van der Waals surface area contributed by atoms with E-state index in [9.17, 15) is 14.4 Å². The zero-order chi connectivity index (χ0) is 16.7. The summed E-state index contributed by atoms with van der Waals surface area (Å²) in [6.45, 7) is 1.35. The quantitative estimate of drug-likeness (QED) is 0.844. The largest absolute Gasteiger partial charge is 0.493 e. The fourth-order valence-corrected chi connectivity index (χ4v) is 2.66. The molecule has 118 valence electrons. The first-order valence-electron chi connectivity index (χ1n) is 6.57. The summed E-state index contributed by atoms with van der Waals surface area (Å²) < 4.78 is 10.3. The lowest BCUT2D eigenvalue weighted by atomic mass is 9.75. The van der Waals surface area contributed by atoms with Gasteiger partial charge in [-0.2, -0.15) is 0 Å². The Morgan fingerprint density at radius 3 is 2.27 bits per heavy atom. The molecule has 0 bridgehead atoms. The van der Waals surface area contributed by atoms with Gasteiger partial charge in [0, 0.05) is 18.7 Å². The molecule has 1 amide bonds. The number of carboxylic acid groups (broad SMARTS) is 1. The molecule has 1 aromatic rings. The van der Waals surface area contributed by atoms with Gasteiger partial charge in [0.2, 0.25) is 5.91 Å². The zero-order valence-corrected chi connectivity index (χ0v) is 12.8. The van der Waals surface area contributed by atoms with Crippen molar-refractivity contribution in [1.29, 1.82) is 0 Å². The first-order valence-corrected chi connectivity index (χ1v) is 6.57. The number of amides is 1. The molecule has 1 N–H and O–H groups in total. The standard InChI is InChI=1S/C15H17NO6/c1-15(7-12(17)18)13(19)8-5-10(21-3)11(22-4)6-9(8)16(2)14(15)20/h5-6H,7H2,1-4H3,(H,17,18). The van der Waals surface area contributed by atoms with Crippen molar-refractivity contribution in [2.24, 2.45) is 5.41 Å². The molecule has 1 heterocycles. The number of methoxy groups -OCH3 is 2. The van der Waals surface area contributed by atoms with E-state index in [0.29, 0.717) is 17.2 Å². The van der Waals surface area contributed by atoms with Crippen LogP contribution in [0.3, 0.4) is 0 Å². The summed E-state index contributed by atoms with van der Waals surface area (Å²) >= 11 is 0. The molecule has 0 radical (unpaired) electrons. The van der Waals surface area contributed by atoms with Crippen LogP contribution in [0.4, 0.5) is 5.69 Å². The van der Waals surface area contributed by atoms with Crippen molar-refractivity contribution < 1.29 is 29.0 Å². The molecule has 7 heteroatoms. The third-order valence-electron chi connectivity index (χ3n) is 3.89. The van der Waals surface area contributed by atoms with Gasteiger partial charge in [-0.05, 0) is 13.0 Å². The predicted octanol–water partition coefficient (Wildman–Crippen LogP) is 1.34. The van der Waals surface area contributed by atoms with Crippen LogP contribution in [0.25, 0.3) is 0 Å². The van der Waals surface area contributed by atoms with Crippen LogP contribution in [0.2, 0.25) is 0 Å². The number of rotatable bonds is 4. The third kappa shape index (κ3) is 2.18. The fourth-order valence-electron chi connectivity index (χ4n) is 2.66. The molecule has 2 rings (SSSR count). The topological polar surface area (TPSA) is 93.1 Å². The number of carbonyl (C=O) groups excluding carboxylic acids is 2.